The lowest BCUT2D eigenvalue weighted by molar-refractivity contribution is -0.124. The lowest BCUT2D eigenvalue weighted by atomic mass is 9.75. The number of hydrogen-bond donors (Lipinski definition) is 1. The molecule has 3 aromatic carbocycles. The van der Waals surface area contributed by atoms with E-state index in [9.17, 15) is 9.59 Å². The van der Waals surface area contributed by atoms with Crippen molar-refractivity contribution in [1.29, 1.82) is 0 Å². The minimum Gasteiger partial charge on any atom is -0.490 e. The number of benzene rings is 3. The van der Waals surface area contributed by atoms with E-state index < -0.39 is 12.0 Å². The molecule has 0 bridgehead atoms. The summed E-state index contributed by atoms with van der Waals surface area (Å²) in [5, 5.41) is 3.39. The SMILES string of the molecule is CCOc1cc2c(cc1OCC)[C@H]1[C@@H](C(=O)NCC3(c4ccccc4)CCCC3)c3ccccc3C(=O)N1CC2. The molecule has 0 saturated heterocycles. The lowest BCUT2D eigenvalue weighted by Gasteiger charge is -2.45. The molecule has 6 nitrogen and oxygen atoms in total. The van der Waals surface area contributed by atoms with Crippen LogP contribution in [-0.2, 0) is 16.6 Å². The number of nitrogens with zero attached hydrogens (tertiary/aromatic N) is 1. The number of hydrogen-bond acceptors (Lipinski definition) is 4. The quantitative estimate of drug-likeness (QED) is 0.385. The average molecular weight is 539 g/mol. The molecular weight excluding hydrogens is 500 g/mol. The highest BCUT2D eigenvalue weighted by molar-refractivity contribution is 6.01. The van der Waals surface area contributed by atoms with Gasteiger partial charge in [-0.3, -0.25) is 9.59 Å². The van der Waals surface area contributed by atoms with Crippen LogP contribution in [0.15, 0.2) is 66.7 Å². The van der Waals surface area contributed by atoms with E-state index in [1.807, 2.05) is 61.2 Å². The zero-order valence-corrected chi connectivity index (χ0v) is 23.4. The van der Waals surface area contributed by atoms with Crippen LogP contribution in [0.5, 0.6) is 11.5 Å². The van der Waals surface area contributed by atoms with Crippen molar-refractivity contribution in [2.24, 2.45) is 0 Å². The first-order valence-electron chi connectivity index (χ1n) is 14.7. The van der Waals surface area contributed by atoms with Crippen molar-refractivity contribution < 1.29 is 19.1 Å². The third-order valence-corrected chi connectivity index (χ3v) is 9.01. The first-order valence-corrected chi connectivity index (χ1v) is 14.7. The summed E-state index contributed by atoms with van der Waals surface area (Å²) in [6.45, 7) is 6.09. The lowest BCUT2D eigenvalue weighted by Crippen LogP contribution is -2.51. The minimum absolute atomic E-state index is 0.0151. The maximum Gasteiger partial charge on any atom is 0.254 e. The number of nitrogens with one attached hydrogen (secondary N) is 1. The highest BCUT2D eigenvalue weighted by Gasteiger charge is 2.47. The van der Waals surface area contributed by atoms with E-state index in [1.54, 1.807) is 0 Å². The molecule has 2 amide bonds. The Kier molecular flexibility index (Phi) is 7.26. The first kappa shape index (κ1) is 26.4. The Morgan fingerprint density at radius 1 is 0.925 bits per heavy atom. The van der Waals surface area contributed by atoms with Crippen LogP contribution in [-0.4, -0.2) is 43.0 Å². The van der Waals surface area contributed by atoms with Gasteiger partial charge in [0, 0.05) is 24.1 Å². The maximum absolute atomic E-state index is 14.3. The maximum atomic E-state index is 14.3. The van der Waals surface area contributed by atoms with E-state index in [4.69, 9.17) is 9.47 Å². The molecule has 1 saturated carbocycles. The highest BCUT2D eigenvalue weighted by atomic mass is 16.5. The van der Waals surface area contributed by atoms with Gasteiger partial charge in [0.15, 0.2) is 11.5 Å². The molecule has 1 N–H and O–H groups in total. The number of amides is 2. The highest BCUT2D eigenvalue weighted by Crippen LogP contribution is 2.49. The summed E-state index contributed by atoms with van der Waals surface area (Å²) in [7, 11) is 0. The van der Waals surface area contributed by atoms with Crippen LogP contribution in [0.1, 0.15) is 84.1 Å². The van der Waals surface area contributed by atoms with Crippen LogP contribution < -0.4 is 14.8 Å². The van der Waals surface area contributed by atoms with Gasteiger partial charge in [-0.25, -0.2) is 0 Å². The molecule has 0 spiro atoms. The number of rotatable bonds is 8. The molecule has 2 heterocycles. The molecule has 40 heavy (non-hydrogen) atoms. The molecule has 6 heteroatoms. The van der Waals surface area contributed by atoms with E-state index >= 15 is 0 Å². The van der Waals surface area contributed by atoms with Gasteiger partial charge in [0.2, 0.25) is 5.91 Å². The van der Waals surface area contributed by atoms with Gasteiger partial charge in [0.05, 0.1) is 25.2 Å². The normalized spacial score (nSPS) is 20.8. The molecule has 2 atom stereocenters. The van der Waals surface area contributed by atoms with Crippen LogP contribution in [0.2, 0.25) is 0 Å². The van der Waals surface area contributed by atoms with E-state index in [2.05, 4.69) is 29.6 Å². The van der Waals surface area contributed by atoms with Gasteiger partial charge < -0.3 is 19.7 Å². The molecule has 0 radical (unpaired) electrons. The molecule has 208 valence electrons. The molecule has 2 aliphatic heterocycles. The summed E-state index contributed by atoms with van der Waals surface area (Å²) in [5.41, 5.74) is 4.73. The van der Waals surface area contributed by atoms with Gasteiger partial charge in [0.1, 0.15) is 0 Å². The van der Waals surface area contributed by atoms with Crippen LogP contribution in [0.3, 0.4) is 0 Å². The van der Waals surface area contributed by atoms with E-state index in [-0.39, 0.29) is 17.2 Å². The van der Waals surface area contributed by atoms with Crippen molar-refractivity contribution >= 4 is 11.8 Å². The van der Waals surface area contributed by atoms with Crippen molar-refractivity contribution in [1.82, 2.24) is 10.2 Å². The molecule has 1 aliphatic carbocycles. The van der Waals surface area contributed by atoms with Gasteiger partial charge >= 0.3 is 0 Å². The largest absolute Gasteiger partial charge is 0.490 e. The van der Waals surface area contributed by atoms with Crippen LogP contribution in [0.4, 0.5) is 0 Å². The van der Waals surface area contributed by atoms with Crippen LogP contribution in [0, 0.1) is 0 Å². The monoisotopic (exact) mass is 538 g/mol. The topological polar surface area (TPSA) is 67.9 Å². The van der Waals surface area contributed by atoms with Crippen molar-refractivity contribution in [2.75, 3.05) is 26.3 Å². The smallest absolute Gasteiger partial charge is 0.254 e. The zero-order valence-electron chi connectivity index (χ0n) is 23.4. The Morgan fingerprint density at radius 3 is 2.33 bits per heavy atom. The van der Waals surface area contributed by atoms with Gasteiger partial charge in [-0.05, 0) is 73.6 Å². The fourth-order valence-electron chi connectivity index (χ4n) is 7.13. The summed E-state index contributed by atoms with van der Waals surface area (Å²) in [6.07, 6.45) is 5.16. The number of carbonyl (C=O) groups excluding carboxylic acids is 2. The average Bonchev–Trinajstić information content (AvgIpc) is 3.47. The first-order chi connectivity index (χ1) is 19.6. The van der Waals surface area contributed by atoms with E-state index in [0.29, 0.717) is 49.8 Å². The molecule has 0 aromatic heterocycles. The Morgan fingerprint density at radius 2 is 1.60 bits per heavy atom. The molecule has 3 aromatic rings. The van der Waals surface area contributed by atoms with E-state index in [0.717, 1.165) is 42.4 Å². The van der Waals surface area contributed by atoms with Gasteiger partial charge in [0.25, 0.3) is 5.91 Å². The summed E-state index contributed by atoms with van der Waals surface area (Å²) in [6, 6.07) is 21.9. The molecule has 0 unspecified atom stereocenters. The standard InChI is InChI=1S/C34H38N2O4/c1-3-39-28-20-23-16-19-36-31(27(23)21-29(28)40-4-2)30(25-14-8-9-15-26(25)33(36)38)32(37)35-22-34(17-10-11-18-34)24-12-6-5-7-13-24/h5-9,12-15,20-21,30-31H,3-4,10-11,16-19,22H2,1-2H3,(H,35,37)/t30-,31-/m0/s1. The van der Waals surface area contributed by atoms with Crippen LogP contribution in [0.25, 0.3) is 0 Å². The van der Waals surface area contributed by atoms with Crippen molar-refractivity contribution in [3.8, 4) is 11.5 Å². The van der Waals surface area contributed by atoms with Gasteiger partial charge in [-0.15, -0.1) is 0 Å². The van der Waals surface area contributed by atoms with Crippen molar-refractivity contribution in [2.45, 2.75) is 63.3 Å². The Balaban J connectivity index is 1.40. The second-order valence-corrected chi connectivity index (χ2v) is 11.2. The molecule has 6 rings (SSSR count). The van der Waals surface area contributed by atoms with Crippen molar-refractivity contribution in [3.63, 3.8) is 0 Å². The van der Waals surface area contributed by atoms with Gasteiger partial charge in [-0.2, -0.15) is 0 Å². The van der Waals surface area contributed by atoms with Crippen molar-refractivity contribution in [3.05, 3.63) is 94.5 Å². The fraction of sp³-hybridized carbons (Fsp3) is 0.412. The predicted molar refractivity (Wildman–Crippen MR) is 155 cm³/mol. The second kappa shape index (κ2) is 11.0. The minimum atomic E-state index is -0.519. The Hall–Kier alpha value is -3.80. The Bertz CT molecular complexity index is 1400. The van der Waals surface area contributed by atoms with E-state index in [1.165, 1.54) is 5.56 Å². The second-order valence-electron chi connectivity index (χ2n) is 11.2. The summed E-state index contributed by atoms with van der Waals surface area (Å²) >= 11 is 0. The fourth-order valence-corrected chi connectivity index (χ4v) is 7.13. The number of carbonyl (C=O) groups is 2. The number of ether oxygens (including phenoxy) is 2. The molecule has 3 aliphatic rings. The Labute approximate surface area is 236 Å². The van der Waals surface area contributed by atoms with Gasteiger partial charge in [-0.1, -0.05) is 61.4 Å². The third-order valence-electron chi connectivity index (χ3n) is 9.01. The molecule has 1 fully saturated rings. The van der Waals surface area contributed by atoms with Crippen LogP contribution >= 0.6 is 0 Å². The summed E-state index contributed by atoms with van der Waals surface area (Å²) in [4.78, 5) is 30.0. The predicted octanol–water partition coefficient (Wildman–Crippen LogP) is 5.95. The number of fused-ring (bicyclic) bond motifs is 4. The summed E-state index contributed by atoms with van der Waals surface area (Å²) < 4.78 is 11.9. The molecular formula is C34H38N2O4. The zero-order chi connectivity index (χ0) is 27.7. The summed E-state index contributed by atoms with van der Waals surface area (Å²) in [5.74, 6) is 0.806. The third kappa shape index (κ3) is 4.53.